The van der Waals surface area contributed by atoms with Gasteiger partial charge in [-0.15, -0.1) is 0 Å². The van der Waals surface area contributed by atoms with Gasteiger partial charge >= 0.3 is 0 Å². The molecular formula is C23H24NO+. The number of benzene rings is 2. The molecule has 1 aromatic heterocycles. The van der Waals surface area contributed by atoms with Gasteiger partial charge in [-0.1, -0.05) is 63.2 Å². The summed E-state index contributed by atoms with van der Waals surface area (Å²) in [5.74, 6) is 0.0471. The highest BCUT2D eigenvalue weighted by atomic mass is 16.1. The maximum absolute atomic E-state index is 12.6. The number of carbonyl (C=O) groups excluding carboxylic acids is 1. The maximum atomic E-state index is 12.6. The normalized spacial score (nSPS) is 11.4. The second kappa shape index (κ2) is 6.64. The van der Waals surface area contributed by atoms with E-state index < -0.39 is 0 Å². The van der Waals surface area contributed by atoms with Crippen LogP contribution in [0.3, 0.4) is 0 Å². The van der Waals surface area contributed by atoms with Gasteiger partial charge in [0.1, 0.15) is 7.05 Å². The van der Waals surface area contributed by atoms with E-state index in [0.717, 1.165) is 11.3 Å². The molecule has 0 amide bonds. The molecule has 25 heavy (non-hydrogen) atoms. The molecule has 2 nitrogen and oxygen atoms in total. The van der Waals surface area contributed by atoms with Gasteiger partial charge < -0.3 is 0 Å². The summed E-state index contributed by atoms with van der Waals surface area (Å²) in [6.07, 6.45) is 1.91. The van der Waals surface area contributed by atoms with Gasteiger partial charge in [-0.2, -0.15) is 0 Å². The lowest BCUT2D eigenvalue weighted by Crippen LogP contribution is -2.32. The number of aryl methyl sites for hydroxylation is 1. The third kappa shape index (κ3) is 3.69. The summed E-state index contributed by atoms with van der Waals surface area (Å²) in [6, 6.07) is 22.0. The minimum Gasteiger partial charge on any atom is -0.288 e. The number of ketones is 1. The summed E-state index contributed by atoms with van der Waals surface area (Å²) in [6.45, 7) is 6.64. The Kier molecular flexibility index (Phi) is 4.54. The van der Waals surface area contributed by atoms with Gasteiger partial charge in [0.25, 0.3) is 0 Å². The van der Waals surface area contributed by atoms with Crippen molar-refractivity contribution in [3.8, 4) is 11.3 Å². The third-order valence-electron chi connectivity index (χ3n) is 4.48. The van der Waals surface area contributed by atoms with Crippen LogP contribution in [0.15, 0.2) is 72.9 Å². The van der Waals surface area contributed by atoms with Crippen LogP contribution in [-0.4, -0.2) is 5.78 Å². The predicted octanol–water partition coefficient (Wildman–Crippen LogP) is 4.71. The highest BCUT2D eigenvalue weighted by molar-refractivity contribution is 6.08. The topological polar surface area (TPSA) is 20.9 Å². The molecule has 0 atom stereocenters. The Morgan fingerprint density at radius 1 is 0.800 bits per heavy atom. The van der Waals surface area contributed by atoms with Crippen LogP contribution >= 0.6 is 0 Å². The molecule has 0 aliphatic carbocycles. The second-order valence-corrected chi connectivity index (χ2v) is 7.44. The zero-order chi connectivity index (χ0) is 18.0. The second-order valence-electron chi connectivity index (χ2n) is 7.44. The minimum absolute atomic E-state index is 0.0471. The lowest BCUT2D eigenvalue weighted by molar-refractivity contribution is -0.660. The van der Waals surface area contributed by atoms with E-state index in [4.69, 9.17) is 0 Å². The van der Waals surface area contributed by atoms with E-state index in [2.05, 4.69) is 45.0 Å². The lowest BCUT2D eigenvalue weighted by atomic mass is 9.86. The summed E-state index contributed by atoms with van der Waals surface area (Å²) in [5.41, 5.74) is 5.11. The summed E-state index contributed by atoms with van der Waals surface area (Å²) in [4.78, 5) is 12.6. The van der Waals surface area contributed by atoms with Crippen LogP contribution in [-0.2, 0) is 12.5 Å². The Labute approximate surface area is 149 Å². The maximum Gasteiger partial charge on any atom is 0.212 e. The summed E-state index contributed by atoms with van der Waals surface area (Å²) < 4.78 is 2.02. The number of hydrogen-bond donors (Lipinski definition) is 0. The monoisotopic (exact) mass is 330 g/mol. The number of carbonyl (C=O) groups is 1. The van der Waals surface area contributed by atoms with Crippen molar-refractivity contribution < 1.29 is 9.36 Å². The van der Waals surface area contributed by atoms with Gasteiger partial charge in [0.05, 0.1) is 5.56 Å². The fourth-order valence-corrected chi connectivity index (χ4v) is 2.94. The molecule has 0 bridgehead atoms. The highest BCUT2D eigenvalue weighted by Gasteiger charge is 2.17. The first-order valence-corrected chi connectivity index (χ1v) is 8.56. The minimum atomic E-state index is 0.0471. The van der Waals surface area contributed by atoms with Gasteiger partial charge in [0, 0.05) is 17.2 Å². The summed E-state index contributed by atoms with van der Waals surface area (Å²) in [7, 11) is 1.98. The van der Waals surface area contributed by atoms with Crippen LogP contribution < -0.4 is 4.57 Å². The van der Waals surface area contributed by atoms with Gasteiger partial charge in [-0.25, -0.2) is 4.57 Å². The van der Waals surface area contributed by atoms with E-state index in [1.54, 1.807) is 0 Å². The molecule has 0 radical (unpaired) electrons. The van der Waals surface area contributed by atoms with Crippen LogP contribution in [0.2, 0.25) is 0 Å². The van der Waals surface area contributed by atoms with Crippen LogP contribution in [0, 0.1) is 0 Å². The molecule has 0 saturated heterocycles. The zero-order valence-electron chi connectivity index (χ0n) is 15.3. The smallest absolute Gasteiger partial charge is 0.212 e. The number of rotatable bonds is 3. The van der Waals surface area contributed by atoms with Crippen LogP contribution in [0.4, 0.5) is 0 Å². The molecule has 2 aromatic carbocycles. The molecule has 0 aliphatic heterocycles. The molecule has 0 fully saturated rings. The SMILES string of the molecule is C[n+]1cc(C(=O)c2ccccc2)ccc1-c1ccc(C(C)(C)C)cc1. The van der Waals surface area contributed by atoms with Crippen molar-refractivity contribution in [2.24, 2.45) is 7.05 Å². The van der Waals surface area contributed by atoms with Gasteiger partial charge in [-0.05, 0) is 29.2 Å². The third-order valence-corrected chi connectivity index (χ3v) is 4.48. The van der Waals surface area contributed by atoms with Crippen molar-refractivity contribution in [1.29, 1.82) is 0 Å². The molecule has 0 unspecified atom stereocenters. The molecule has 1 heterocycles. The van der Waals surface area contributed by atoms with E-state index in [0.29, 0.717) is 11.1 Å². The molecule has 2 heteroatoms. The zero-order valence-corrected chi connectivity index (χ0v) is 15.3. The molecule has 0 saturated carbocycles. The van der Waals surface area contributed by atoms with Gasteiger partial charge in [-0.3, -0.25) is 4.79 Å². The van der Waals surface area contributed by atoms with E-state index in [1.807, 2.05) is 60.3 Å². The fraction of sp³-hybridized carbons (Fsp3) is 0.217. The Morgan fingerprint density at radius 3 is 2.00 bits per heavy atom. The number of pyridine rings is 1. The molecule has 0 spiro atoms. The van der Waals surface area contributed by atoms with Crippen molar-refractivity contribution in [2.45, 2.75) is 26.2 Å². The molecule has 3 rings (SSSR count). The summed E-state index contributed by atoms with van der Waals surface area (Å²) in [5, 5.41) is 0. The van der Waals surface area contributed by atoms with Gasteiger partial charge in [0.15, 0.2) is 12.0 Å². The largest absolute Gasteiger partial charge is 0.288 e. The molecule has 3 aromatic rings. The quantitative estimate of drug-likeness (QED) is 0.503. The van der Waals surface area contributed by atoms with Crippen molar-refractivity contribution in [1.82, 2.24) is 0 Å². The first kappa shape index (κ1) is 17.1. The summed E-state index contributed by atoms with van der Waals surface area (Å²) >= 11 is 0. The first-order valence-electron chi connectivity index (χ1n) is 8.56. The standard InChI is InChI=1S/C23H24NO/c1-23(2,3)20-13-10-17(11-14-20)21-15-12-19(16-24(21)4)22(25)18-8-6-5-7-9-18/h5-16H,1-4H3/q+1. The van der Waals surface area contributed by atoms with Gasteiger partial charge in [0.2, 0.25) is 5.69 Å². The Balaban J connectivity index is 1.91. The van der Waals surface area contributed by atoms with E-state index >= 15 is 0 Å². The van der Waals surface area contributed by atoms with E-state index in [-0.39, 0.29) is 11.2 Å². The number of nitrogens with zero attached hydrogens (tertiary/aromatic N) is 1. The number of hydrogen-bond acceptors (Lipinski definition) is 1. The molecule has 126 valence electrons. The van der Waals surface area contributed by atoms with Crippen molar-refractivity contribution in [2.75, 3.05) is 0 Å². The first-order chi connectivity index (χ1) is 11.9. The molecule has 0 aliphatic rings. The van der Waals surface area contributed by atoms with Crippen molar-refractivity contribution in [3.63, 3.8) is 0 Å². The Morgan fingerprint density at radius 2 is 1.44 bits per heavy atom. The lowest BCUT2D eigenvalue weighted by Gasteiger charge is -2.18. The average Bonchev–Trinajstić information content (AvgIpc) is 2.61. The Bertz CT molecular complexity index is 888. The van der Waals surface area contributed by atoms with Crippen LogP contribution in [0.25, 0.3) is 11.3 Å². The van der Waals surface area contributed by atoms with Crippen molar-refractivity contribution >= 4 is 5.78 Å². The predicted molar refractivity (Wildman–Crippen MR) is 102 cm³/mol. The van der Waals surface area contributed by atoms with E-state index in [9.17, 15) is 4.79 Å². The average molecular weight is 330 g/mol. The number of aromatic nitrogens is 1. The molecule has 0 N–H and O–H groups in total. The highest BCUT2D eigenvalue weighted by Crippen LogP contribution is 2.25. The Hall–Kier alpha value is -2.74. The van der Waals surface area contributed by atoms with E-state index in [1.165, 1.54) is 5.56 Å². The fourth-order valence-electron chi connectivity index (χ4n) is 2.94. The van der Waals surface area contributed by atoms with Crippen LogP contribution in [0.1, 0.15) is 42.3 Å². The molecular weight excluding hydrogens is 306 g/mol. The van der Waals surface area contributed by atoms with Crippen molar-refractivity contribution in [3.05, 3.63) is 89.6 Å². The van der Waals surface area contributed by atoms with Crippen LogP contribution in [0.5, 0.6) is 0 Å².